The van der Waals surface area contributed by atoms with Crippen molar-refractivity contribution in [2.24, 2.45) is 0 Å². The minimum absolute atomic E-state index is 0.383. The van der Waals surface area contributed by atoms with E-state index in [0.29, 0.717) is 12.5 Å². The number of fused-ring (bicyclic) bond motifs is 3. The highest BCUT2D eigenvalue weighted by Crippen LogP contribution is 2.33. The normalized spacial score (nSPS) is 19.3. The Morgan fingerprint density at radius 1 is 1.38 bits per heavy atom. The number of benzene rings is 1. The number of rotatable bonds is 1. The predicted octanol–water partition coefficient (Wildman–Crippen LogP) is 3.43. The van der Waals surface area contributed by atoms with Crippen LogP contribution in [-0.4, -0.2) is 4.57 Å². The third kappa shape index (κ3) is 1.32. The second kappa shape index (κ2) is 3.68. The predicted molar refractivity (Wildman–Crippen MR) is 64.1 cm³/mol. The Hall–Kier alpha value is -1.75. The van der Waals surface area contributed by atoms with Crippen molar-refractivity contribution in [3.8, 4) is 6.07 Å². The average molecular weight is 210 g/mol. The monoisotopic (exact) mass is 210 g/mol. The number of aromatic nitrogens is 1. The van der Waals surface area contributed by atoms with Crippen LogP contribution in [0.3, 0.4) is 0 Å². The second-order valence-electron chi connectivity index (χ2n) is 4.47. The Kier molecular flexibility index (Phi) is 2.18. The molecule has 0 saturated carbocycles. The minimum Gasteiger partial charge on any atom is -0.341 e. The molecule has 0 amide bonds. The first-order chi connectivity index (χ1) is 7.90. The van der Waals surface area contributed by atoms with Gasteiger partial charge < -0.3 is 4.57 Å². The molecule has 1 aliphatic heterocycles. The molecule has 0 radical (unpaired) electrons. The maximum absolute atomic E-state index is 8.89. The zero-order chi connectivity index (χ0) is 11.0. The molecule has 3 rings (SSSR count). The molecule has 0 fully saturated rings. The van der Waals surface area contributed by atoms with E-state index in [0.717, 1.165) is 12.8 Å². The molecule has 80 valence electrons. The van der Waals surface area contributed by atoms with Crippen LogP contribution in [0.4, 0.5) is 0 Å². The summed E-state index contributed by atoms with van der Waals surface area (Å²) in [5.74, 6) is 0. The van der Waals surface area contributed by atoms with Crippen LogP contribution in [0.1, 0.15) is 31.0 Å². The summed E-state index contributed by atoms with van der Waals surface area (Å²) in [5.41, 5.74) is 2.69. The van der Waals surface area contributed by atoms with Crippen LogP contribution in [-0.2, 0) is 6.42 Å². The number of aryl methyl sites for hydroxylation is 1. The third-order valence-electron chi connectivity index (χ3n) is 3.49. The SMILES string of the molecule is N#CCC1CCCc2cc3ccccc3n21. The van der Waals surface area contributed by atoms with Gasteiger partial charge in [0.1, 0.15) is 0 Å². The first-order valence-corrected chi connectivity index (χ1v) is 5.86. The highest BCUT2D eigenvalue weighted by atomic mass is 15.0. The molecule has 0 saturated heterocycles. The number of para-hydroxylation sites is 1. The molecule has 0 N–H and O–H groups in total. The maximum atomic E-state index is 8.89. The molecular weight excluding hydrogens is 196 g/mol. The minimum atomic E-state index is 0.383. The lowest BCUT2D eigenvalue weighted by molar-refractivity contribution is 0.419. The highest BCUT2D eigenvalue weighted by molar-refractivity contribution is 5.81. The zero-order valence-corrected chi connectivity index (χ0v) is 9.19. The van der Waals surface area contributed by atoms with E-state index < -0.39 is 0 Å². The Bertz CT molecular complexity index is 560. The van der Waals surface area contributed by atoms with E-state index in [9.17, 15) is 0 Å². The average Bonchev–Trinajstić information content (AvgIpc) is 2.68. The molecule has 2 aromatic rings. The summed E-state index contributed by atoms with van der Waals surface area (Å²) in [7, 11) is 0. The fourth-order valence-corrected chi connectivity index (χ4v) is 2.80. The molecule has 2 heterocycles. The van der Waals surface area contributed by atoms with Crippen molar-refractivity contribution in [3.05, 3.63) is 36.0 Å². The first kappa shape index (κ1) is 9.47. The molecule has 1 aromatic carbocycles. The lowest BCUT2D eigenvalue weighted by Crippen LogP contribution is -2.16. The van der Waals surface area contributed by atoms with E-state index in [-0.39, 0.29) is 0 Å². The Morgan fingerprint density at radius 2 is 2.25 bits per heavy atom. The van der Waals surface area contributed by atoms with Crippen LogP contribution in [0.25, 0.3) is 10.9 Å². The zero-order valence-electron chi connectivity index (χ0n) is 9.19. The van der Waals surface area contributed by atoms with Crippen molar-refractivity contribution in [3.63, 3.8) is 0 Å². The summed E-state index contributed by atoms with van der Waals surface area (Å²) in [6.45, 7) is 0. The summed E-state index contributed by atoms with van der Waals surface area (Å²) < 4.78 is 2.38. The molecule has 2 heteroatoms. The summed E-state index contributed by atoms with van der Waals surface area (Å²) in [6.07, 6.45) is 4.13. The van der Waals surface area contributed by atoms with Crippen molar-refractivity contribution in [1.29, 1.82) is 5.26 Å². The molecule has 1 unspecified atom stereocenters. The van der Waals surface area contributed by atoms with Gasteiger partial charge in [-0.05, 0) is 36.8 Å². The summed E-state index contributed by atoms with van der Waals surface area (Å²) in [5, 5.41) is 10.2. The fraction of sp³-hybridized carbons (Fsp3) is 0.357. The van der Waals surface area contributed by atoms with Crippen LogP contribution >= 0.6 is 0 Å². The lowest BCUT2D eigenvalue weighted by Gasteiger charge is -2.25. The van der Waals surface area contributed by atoms with Crippen molar-refractivity contribution >= 4 is 10.9 Å². The van der Waals surface area contributed by atoms with Crippen LogP contribution in [0, 0.1) is 11.3 Å². The van der Waals surface area contributed by atoms with Crippen LogP contribution in [0.5, 0.6) is 0 Å². The van der Waals surface area contributed by atoms with Crippen LogP contribution in [0.15, 0.2) is 30.3 Å². The van der Waals surface area contributed by atoms with Gasteiger partial charge >= 0.3 is 0 Å². The van der Waals surface area contributed by atoms with Gasteiger partial charge in [-0.1, -0.05) is 18.2 Å². The second-order valence-corrected chi connectivity index (χ2v) is 4.47. The van der Waals surface area contributed by atoms with Gasteiger partial charge in [0.2, 0.25) is 0 Å². The number of hydrogen-bond acceptors (Lipinski definition) is 1. The van der Waals surface area contributed by atoms with E-state index in [1.807, 2.05) is 0 Å². The smallest absolute Gasteiger partial charge is 0.0643 e. The van der Waals surface area contributed by atoms with E-state index in [4.69, 9.17) is 5.26 Å². The van der Waals surface area contributed by atoms with Gasteiger partial charge in [-0.25, -0.2) is 0 Å². The van der Waals surface area contributed by atoms with E-state index in [1.165, 1.54) is 23.0 Å². The molecule has 1 aliphatic rings. The van der Waals surface area contributed by atoms with Gasteiger partial charge in [0.15, 0.2) is 0 Å². The van der Waals surface area contributed by atoms with E-state index in [1.54, 1.807) is 0 Å². The quantitative estimate of drug-likeness (QED) is 0.708. The molecule has 0 aliphatic carbocycles. The summed E-state index contributed by atoms with van der Waals surface area (Å²) in [6, 6.07) is 13.4. The highest BCUT2D eigenvalue weighted by Gasteiger charge is 2.21. The van der Waals surface area contributed by atoms with Crippen molar-refractivity contribution < 1.29 is 0 Å². The van der Waals surface area contributed by atoms with E-state index >= 15 is 0 Å². The number of nitriles is 1. The van der Waals surface area contributed by atoms with Crippen molar-refractivity contribution in [2.75, 3.05) is 0 Å². The molecule has 0 bridgehead atoms. The lowest BCUT2D eigenvalue weighted by atomic mass is 10.0. The Morgan fingerprint density at radius 3 is 3.12 bits per heavy atom. The Labute approximate surface area is 95.1 Å². The fourth-order valence-electron chi connectivity index (χ4n) is 2.80. The molecule has 2 nitrogen and oxygen atoms in total. The van der Waals surface area contributed by atoms with Crippen molar-refractivity contribution in [1.82, 2.24) is 4.57 Å². The third-order valence-corrected chi connectivity index (χ3v) is 3.49. The molecule has 16 heavy (non-hydrogen) atoms. The molecular formula is C14H14N2. The molecule has 1 aromatic heterocycles. The number of hydrogen-bond donors (Lipinski definition) is 0. The van der Waals surface area contributed by atoms with Crippen LogP contribution in [0.2, 0.25) is 0 Å². The topological polar surface area (TPSA) is 28.7 Å². The maximum Gasteiger partial charge on any atom is 0.0643 e. The van der Waals surface area contributed by atoms with Gasteiger partial charge in [0.05, 0.1) is 12.5 Å². The summed E-state index contributed by atoms with van der Waals surface area (Å²) in [4.78, 5) is 0. The van der Waals surface area contributed by atoms with Gasteiger partial charge in [-0.3, -0.25) is 0 Å². The Balaban J connectivity index is 2.21. The molecule has 1 atom stereocenters. The van der Waals surface area contributed by atoms with Gasteiger partial charge in [0.25, 0.3) is 0 Å². The van der Waals surface area contributed by atoms with Gasteiger partial charge in [0, 0.05) is 17.3 Å². The van der Waals surface area contributed by atoms with Gasteiger partial charge in [-0.2, -0.15) is 5.26 Å². The van der Waals surface area contributed by atoms with E-state index in [2.05, 4.69) is 41.0 Å². The summed E-state index contributed by atoms with van der Waals surface area (Å²) >= 11 is 0. The number of nitrogens with zero attached hydrogens (tertiary/aromatic N) is 2. The molecule has 0 spiro atoms. The standard InChI is InChI=1S/C14H14N2/c15-9-8-12-5-3-6-13-10-11-4-1-2-7-14(11)16(12)13/h1-2,4,7,10,12H,3,5-6,8H2. The first-order valence-electron chi connectivity index (χ1n) is 5.86. The van der Waals surface area contributed by atoms with Gasteiger partial charge in [-0.15, -0.1) is 0 Å². The van der Waals surface area contributed by atoms with Crippen molar-refractivity contribution in [2.45, 2.75) is 31.7 Å². The largest absolute Gasteiger partial charge is 0.341 e. The van der Waals surface area contributed by atoms with Crippen LogP contribution < -0.4 is 0 Å².